The third-order valence-corrected chi connectivity index (χ3v) is 1.92. The van der Waals surface area contributed by atoms with Gasteiger partial charge >= 0.3 is 0 Å². The lowest BCUT2D eigenvalue weighted by Gasteiger charge is -2.01. The van der Waals surface area contributed by atoms with Crippen molar-refractivity contribution in [3.8, 4) is 5.75 Å². The molecule has 3 nitrogen and oxygen atoms in total. The number of rotatable bonds is 4. The summed E-state index contributed by atoms with van der Waals surface area (Å²) in [6.45, 7) is 0.478. The molecule has 1 aromatic carbocycles. The molecule has 0 spiro atoms. The second kappa shape index (κ2) is 5.42. The van der Waals surface area contributed by atoms with E-state index in [1.807, 2.05) is 12.2 Å². The zero-order chi connectivity index (χ0) is 10.4. The molecule has 4 N–H and O–H groups in total. The zero-order valence-corrected chi connectivity index (χ0v) is 7.98. The molecule has 3 heteroatoms. The summed E-state index contributed by atoms with van der Waals surface area (Å²) in [5.41, 5.74) is 6.84. The molecule has 0 saturated heterocycles. The smallest absolute Gasteiger partial charge is 0.121 e. The van der Waals surface area contributed by atoms with Crippen molar-refractivity contribution in [1.29, 1.82) is 0 Å². The molecule has 76 valence electrons. The highest BCUT2D eigenvalue weighted by Crippen LogP contribution is 2.19. The second-order valence-electron chi connectivity index (χ2n) is 3.03. The van der Waals surface area contributed by atoms with E-state index in [0.717, 1.165) is 12.0 Å². The van der Waals surface area contributed by atoms with Crippen LogP contribution in [0.4, 0.5) is 0 Å². The van der Waals surface area contributed by atoms with Gasteiger partial charge in [-0.05, 0) is 30.7 Å². The minimum Gasteiger partial charge on any atom is -0.508 e. The van der Waals surface area contributed by atoms with E-state index in [1.165, 1.54) is 0 Å². The SMILES string of the molecule is NCCC=Cc1ccc(O)c(CO)c1. The van der Waals surface area contributed by atoms with Crippen molar-refractivity contribution in [3.63, 3.8) is 0 Å². The highest BCUT2D eigenvalue weighted by molar-refractivity contribution is 5.52. The van der Waals surface area contributed by atoms with Gasteiger partial charge in [-0.1, -0.05) is 18.2 Å². The lowest BCUT2D eigenvalue weighted by molar-refractivity contribution is 0.275. The van der Waals surface area contributed by atoms with Crippen LogP contribution in [-0.4, -0.2) is 16.8 Å². The maximum absolute atomic E-state index is 9.30. The first-order valence-electron chi connectivity index (χ1n) is 4.57. The van der Waals surface area contributed by atoms with Crippen LogP contribution in [0.3, 0.4) is 0 Å². The largest absolute Gasteiger partial charge is 0.508 e. The van der Waals surface area contributed by atoms with E-state index in [0.29, 0.717) is 12.1 Å². The van der Waals surface area contributed by atoms with Crippen molar-refractivity contribution in [3.05, 3.63) is 35.4 Å². The molecule has 0 aliphatic carbocycles. The lowest BCUT2D eigenvalue weighted by atomic mass is 10.1. The first-order chi connectivity index (χ1) is 6.77. The molecule has 0 saturated carbocycles. The molecule has 0 atom stereocenters. The van der Waals surface area contributed by atoms with E-state index in [4.69, 9.17) is 10.8 Å². The minimum atomic E-state index is -0.148. The van der Waals surface area contributed by atoms with Crippen molar-refractivity contribution in [2.45, 2.75) is 13.0 Å². The summed E-state index contributed by atoms with van der Waals surface area (Å²) in [4.78, 5) is 0. The molecule has 0 heterocycles. The van der Waals surface area contributed by atoms with Gasteiger partial charge in [-0.25, -0.2) is 0 Å². The van der Waals surface area contributed by atoms with Gasteiger partial charge in [-0.2, -0.15) is 0 Å². The molecule has 14 heavy (non-hydrogen) atoms. The third kappa shape index (κ3) is 2.87. The minimum absolute atomic E-state index is 0.128. The summed E-state index contributed by atoms with van der Waals surface area (Å²) in [5.74, 6) is 0.128. The van der Waals surface area contributed by atoms with Crippen LogP contribution in [0.2, 0.25) is 0 Å². The molecule has 1 aromatic rings. The summed E-state index contributed by atoms with van der Waals surface area (Å²) in [6, 6.07) is 5.12. The van der Waals surface area contributed by atoms with E-state index in [-0.39, 0.29) is 12.4 Å². The predicted octanol–water partition coefficient (Wildman–Crippen LogP) is 1.25. The fourth-order valence-electron chi connectivity index (χ4n) is 1.15. The highest BCUT2D eigenvalue weighted by atomic mass is 16.3. The fourth-order valence-corrected chi connectivity index (χ4v) is 1.15. The number of phenols is 1. The summed E-state index contributed by atoms with van der Waals surface area (Å²) < 4.78 is 0. The number of hydrogen-bond acceptors (Lipinski definition) is 3. The van der Waals surface area contributed by atoms with Crippen molar-refractivity contribution >= 4 is 6.08 Å². The summed E-state index contributed by atoms with van der Waals surface area (Å²) in [6.07, 6.45) is 4.72. The number of aromatic hydroxyl groups is 1. The Balaban J connectivity index is 2.79. The van der Waals surface area contributed by atoms with Gasteiger partial charge in [0.05, 0.1) is 6.61 Å². The van der Waals surface area contributed by atoms with Crippen molar-refractivity contribution in [2.75, 3.05) is 6.54 Å². The normalized spacial score (nSPS) is 11.0. The fraction of sp³-hybridized carbons (Fsp3) is 0.273. The van der Waals surface area contributed by atoms with Crippen molar-refractivity contribution < 1.29 is 10.2 Å². The van der Waals surface area contributed by atoms with Crippen LogP contribution in [0.5, 0.6) is 5.75 Å². The van der Waals surface area contributed by atoms with Crippen LogP contribution >= 0.6 is 0 Å². The molecule has 0 amide bonds. The Morgan fingerprint density at radius 1 is 1.36 bits per heavy atom. The Hall–Kier alpha value is -1.32. The molecule has 1 rings (SSSR count). The zero-order valence-electron chi connectivity index (χ0n) is 7.98. The second-order valence-corrected chi connectivity index (χ2v) is 3.03. The van der Waals surface area contributed by atoms with Gasteiger partial charge in [0, 0.05) is 5.56 Å². The van der Waals surface area contributed by atoms with E-state index in [2.05, 4.69) is 0 Å². The predicted molar refractivity (Wildman–Crippen MR) is 56.7 cm³/mol. The standard InChI is InChI=1S/C11H15NO2/c12-6-2-1-3-9-4-5-11(14)10(7-9)8-13/h1,3-5,7,13-14H,2,6,8,12H2. The Labute approximate surface area is 83.5 Å². The maximum atomic E-state index is 9.30. The van der Waals surface area contributed by atoms with Gasteiger partial charge in [-0.15, -0.1) is 0 Å². The van der Waals surface area contributed by atoms with E-state index >= 15 is 0 Å². The van der Waals surface area contributed by atoms with Crippen LogP contribution in [0.15, 0.2) is 24.3 Å². The third-order valence-electron chi connectivity index (χ3n) is 1.92. The first kappa shape index (κ1) is 10.8. The maximum Gasteiger partial charge on any atom is 0.121 e. The Bertz CT molecular complexity index is 321. The van der Waals surface area contributed by atoms with Gasteiger partial charge in [0.25, 0.3) is 0 Å². The Morgan fingerprint density at radius 2 is 2.14 bits per heavy atom. The number of aliphatic hydroxyl groups is 1. The molecular weight excluding hydrogens is 178 g/mol. The summed E-state index contributed by atoms with van der Waals surface area (Å²) >= 11 is 0. The van der Waals surface area contributed by atoms with Gasteiger partial charge in [-0.3, -0.25) is 0 Å². The topological polar surface area (TPSA) is 66.5 Å². The molecule has 0 fully saturated rings. The van der Waals surface area contributed by atoms with Gasteiger partial charge in [0.2, 0.25) is 0 Å². The number of nitrogens with two attached hydrogens (primary N) is 1. The highest BCUT2D eigenvalue weighted by Gasteiger charge is 1.98. The molecule has 0 radical (unpaired) electrons. The molecule has 0 aliphatic rings. The molecule has 0 bridgehead atoms. The number of benzene rings is 1. The molecule has 0 unspecified atom stereocenters. The summed E-state index contributed by atoms with van der Waals surface area (Å²) in [5, 5.41) is 18.2. The van der Waals surface area contributed by atoms with Gasteiger partial charge in [0.1, 0.15) is 5.75 Å². The average Bonchev–Trinajstić information content (AvgIpc) is 2.21. The van der Waals surface area contributed by atoms with Crippen molar-refractivity contribution in [2.24, 2.45) is 5.73 Å². The summed E-state index contributed by atoms with van der Waals surface area (Å²) in [7, 11) is 0. The van der Waals surface area contributed by atoms with Gasteiger partial charge < -0.3 is 15.9 Å². The van der Waals surface area contributed by atoms with E-state index in [9.17, 15) is 5.11 Å². The number of aliphatic hydroxyl groups excluding tert-OH is 1. The average molecular weight is 193 g/mol. The lowest BCUT2D eigenvalue weighted by Crippen LogP contribution is -1.95. The van der Waals surface area contributed by atoms with Crippen molar-refractivity contribution in [1.82, 2.24) is 0 Å². The first-order valence-corrected chi connectivity index (χ1v) is 4.57. The van der Waals surface area contributed by atoms with Crippen LogP contribution in [0.1, 0.15) is 17.5 Å². The van der Waals surface area contributed by atoms with E-state index < -0.39 is 0 Å². The molecule has 0 aromatic heterocycles. The monoisotopic (exact) mass is 193 g/mol. The van der Waals surface area contributed by atoms with Crippen LogP contribution in [0.25, 0.3) is 6.08 Å². The molecular formula is C11H15NO2. The quantitative estimate of drug-likeness (QED) is 0.674. The Morgan fingerprint density at radius 3 is 2.79 bits per heavy atom. The van der Waals surface area contributed by atoms with Crippen LogP contribution < -0.4 is 5.73 Å². The van der Waals surface area contributed by atoms with E-state index in [1.54, 1.807) is 18.2 Å². The number of hydrogen-bond donors (Lipinski definition) is 3. The Kier molecular flexibility index (Phi) is 4.16. The van der Waals surface area contributed by atoms with Crippen LogP contribution in [-0.2, 0) is 6.61 Å². The molecule has 0 aliphatic heterocycles. The van der Waals surface area contributed by atoms with Gasteiger partial charge in [0.15, 0.2) is 0 Å². The van der Waals surface area contributed by atoms with Crippen LogP contribution in [0, 0.1) is 0 Å².